The molecule has 0 aliphatic carbocycles. The molecule has 0 N–H and O–H groups in total. The maximum atomic E-state index is 13.3. The molecule has 4 aromatic rings. The Morgan fingerprint density at radius 3 is 2.41 bits per heavy atom. The molecule has 4 rings (SSSR count). The smallest absolute Gasteiger partial charge is 0.262 e. The molecule has 0 radical (unpaired) electrons. The molecule has 0 saturated carbocycles. The first-order chi connectivity index (χ1) is 14.0. The van der Waals surface area contributed by atoms with E-state index in [0.29, 0.717) is 22.6 Å². The van der Waals surface area contributed by atoms with Crippen molar-refractivity contribution in [3.05, 3.63) is 106 Å². The summed E-state index contributed by atoms with van der Waals surface area (Å²) in [6.45, 7) is 4.53. The number of aromatic nitrogens is 2. The molecule has 29 heavy (non-hydrogen) atoms. The van der Waals surface area contributed by atoms with Gasteiger partial charge in [0.1, 0.15) is 5.82 Å². The second-order valence-corrected chi connectivity index (χ2v) is 8.41. The number of benzene rings is 3. The first-order valence-electron chi connectivity index (χ1n) is 9.48. The van der Waals surface area contributed by atoms with E-state index in [4.69, 9.17) is 4.98 Å². The van der Waals surface area contributed by atoms with Gasteiger partial charge in [0, 0.05) is 5.25 Å². The van der Waals surface area contributed by atoms with Gasteiger partial charge in [0.05, 0.1) is 17.4 Å². The van der Waals surface area contributed by atoms with Crippen LogP contribution in [0.15, 0.2) is 82.7 Å². The lowest BCUT2D eigenvalue weighted by Crippen LogP contribution is -2.24. The Balaban J connectivity index is 1.77. The molecule has 5 heteroatoms. The third kappa shape index (κ3) is 4.25. The van der Waals surface area contributed by atoms with Crippen molar-refractivity contribution in [2.45, 2.75) is 30.8 Å². The lowest BCUT2D eigenvalue weighted by Gasteiger charge is -2.17. The highest BCUT2D eigenvalue weighted by Gasteiger charge is 2.16. The normalized spacial score (nSPS) is 12.2. The fourth-order valence-corrected chi connectivity index (χ4v) is 4.25. The molecule has 0 saturated heterocycles. The Morgan fingerprint density at radius 1 is 1.00 bits per heavy atom. The van der Waals surface area contributed by atoms with Crippen molar-refractivity contribution in [2.24, 2.45) is 0 Å². The summed E-state index contributed by atoms with van der Waals surface area (Å²) in [5.74, 6) is -0.258. The predicted octanol–water partition coefficient (Wildman–Crippen LogP) is 5.75. The molecule has 0 aliphatic rings. The van der Waals surface area contributed by atoms with Crippen LogP contribution in [-0.4, -0.2) is 9.55 Å². The zero-order valence-electron chi connectivity index (χ0n) is 16.3. The molecule has 1 aromatic heterocycles. The number of rotatable bonds is 5. The summed E-state index contributed by atoms with van der Waals surface area (Å²) in [7, 11) is 0. The standard InChI is InChI=1S/C24H21FN2OS/c1-16-7-9-18(10-8-16)15-27-23(28)21-5-3-4-6-22(21)26-24(27)29-17(2)19-11-13-20(25)14-12-19/h3-14,17H,15H2,1-2H3/t17-/m0/s1. The van der Waals surface area contributed by atoms with Crippen molar-refractivity contribution in [1.82, 2.24) is 9.55 Å². The summed E-state index contributed by atoms with van der Waals surface area (Å²) < 4.78 is 15.0. The van der Waals surface area contributed by atoms with Crippen LogP contribution in [-0.2, 0) is 6.54 Å². The molecule has 146 valence electrons. The second kappa shape index (κ2) is 8.21. The SMILES string of the molecule is Cc1ccc(Cn2c(S[C@@H](C)c3ccc(F)cc3)nc3ccccc3c2=O)cc1. The van der Waals surface area contributed by atoms with Crippen molar-refractivity contribution in [1.29, 1.82) is 0 Å². The summed E-state index contributed by atoms with van der Waals surface area (Å²) in [5.41, 5.74) is 3.85. The van der Waals surface area contributed by atoms with Crippen molar-refractivity contribution in [3.8, 4) is 0 Å². The van der Waals surface area contributed by atoms with E-state index in [9.17, 15) is 9.18 Å². The monoisotopic (exact) mass is 404 g/mol. The van der Waals surface area contributed by atoms with E-state index >= 15 is 0 Å². The molecule has 3 nitrogen and oxygen atoms in total. The molecule has 0 unspecified atom stereocenters. The van der Waals surface area contributed by atoms with Gasteiger partial charge in [-0.25, -0.2) is 9.37 Å². The average Bonchev–Trinajstić information content (AvgIpc) is 2.73. The topological polar surface area (TPSA) is 34.9 Å². The molecule has 0 amide bonds. The van der Waals surface area contributed by atoms with Crippen LogP contribution in [0.5, 0.6) is 0 Å². The summed E-state index contributed by atoms with van der Waals surface area (Å²) in [6.07, 6.45) is 0. The Kier molecular flexibility index (Phi) is 5.49. The van der Waals surface area contributed by atoms with E-state index in [-0.39, 0.29) is 16.6 Å². The zero-order valence-corrected chi connectivity index (χ0v) is 17.1. The maximum absolute atomic E-state index is 13.3. The Labute approximate surface area is 173 Å². The van der Waals surface area contributed by atoms with Gasteiger partial charge in [0.25, 0.3) is 5.56 Å². The van der Waals surface area contributed by atoms with Gasteiger partial charge in [0.2, 0.25) is 0 Å². The van der Waals surface area contributed by atoms with Crippen LogP contribution >= 0.6 is 11.8 Å². The minimum atomic E-state index is -0.258. The van der Waals surface area contributed by atoms with Crippen LogP contribution in [0.2, 0.25) is 0 Å². The van der Waals surface area contributed by atoms with E-state index in [2.05, 4.69) is 0 Å². The molecule has 0 spiro atoms. The summed E-state index contributed by atoms with van der Waals surface area (Å²) in [6, 6.07) is 22.0. The molecule has 0 bridgehead atoms. The van der Waals surface area contributed by atoms with Gasteiger partial charge in [0.15, 0.2) is 5.16 Å². The van der Waals surface area contributed by atoms with Crippen LogP contribution in [0, 0.1) is 12.7 Å². The average molecular weight is 405 g/mol. The van der Waals surface area contributed by atoms with Gasteiger partial charge < -0.3 is 0 Å². The summed E-state index contributed by atoms with van der Waals surface area (Å²) >= 11 is 1.51. The number of hydrogen-bond acceptors (Lipinski definition) is 3. The number of hydrogen-bond donors (Lipinski definition) is 0. The highest BCUT2D eigenvalue weighted by Crippen LogP contribution is 2.34. The van der Waals surface area contributed by atoms with Crippen LogP contribution in [0.25, 0.3) is 10.9 Å². The first kappa shape index (κ1) is 19.4. The zero-order chi connectivity index (χ0) is 20.4. The summed E-state index contributed by atoms with van der Waals surface area (Å²) in [5, 5.41) is 1.29. The van der Waals surface area contributed by atoms with Gasteiger partial charge in [-0.15, -0.1) is 0 Å². The van der Waals surface area contributed by atoms with Crippen molar-refractivity contribution < 1.29 is 4.39 Å². The van der Waals surface area contributed by atoms with Crippen LogP contribution in [0.4, 0.5) is 4.39 Å². The molecule has 3 aromatic carbocycles. The number of fused-ring (bicyclic) bond motifs is 1. The largest absolute Gasteiger partial charge is 0.283 e. The van der Waals surface area contributed by atoms with Gasteiger partial charge in [-0.3, -0.25) is 9.36 Å². The Morgan fingerprint density at radius 2 is 1.69 bits per heavy atom. The van der Waals surface area contributed by atoms with E-state index in [1.165, 1.54) is 29.5 Å². The molecule has 0 fully saturated rings. The lowest BCUT2D eigenvalue weighted by molar-refractivity contribution is 0.627. The molecular formula is C24H21FN2OS. The highest BCUT2D eigenvalue weighted by molar-refractivity contribution is 7.99. The number of para-hydroxylation sites is 1. The Bertz CT molecular complexity index is 1200. The van der Waals surface area contributed by atoms with Gasteiger partial charge in [-0.1, -0.05) is 65.9 Å². The number of halogens is 1. The molecule has 0 aliphatic heterocycles. The first-order valence-corrected chi connectivity index (χ1v) is 10.4. The number of thioether (sulfide) groups is 1. The van der Waals surface area contributed by atoms with Crippen molar-refractivity contribution in [2.75, 3.05) is 0 Å². The van der Waals surface area contributed by atoms with Crippen molar-refractivity contribution >= 4 is 22.7 Å². The van der Waals surface area contributed by atoms with E-state index in [0.717, 1.165) is 11.1 Å². The van der Waals surface area contributed by atoms with Crippen LogP contribution < -0.4 is 5.56 Å². The number of nitrogens with zero attached hydrogens (tertiary/aromatic N) is 2. The maximum Gasteiger partial charge on any atom is 0.262 e. The van der Waals surface area contributed by atoms with E-state index < -0.39 is 0 Å². The number of aryl methyl sites for hydroxylation is 1. The fraction of sp³-hybridized carbons (Fsp3) is 0.167. The molecule has 1 atom stereocenters. The van der Waals surface area contributed by atoms with E-state index in [1.807, 2.05) is 62.4 Å². The highest BCUT2D eigenvalue weighted by atomic mass is 32.2. The lowest BCUT2D eigenvalue weighted by atomic mass is 10.1. The minimum Gasteiger partial charge on any atom is -0.283 e. The fourth-order valence-electron chi connectivity index (χ4n) is 3.21. The predicted molar refractivity (Wildman–Crippen MR) is 117 cm³/mol. The van der Waals surface area contributed by atoms with Crippen molar-refractivity contribution in [3.63, 3.8) is 0 Å². The minimum absolute atomic E-state index is 0.0212. The quantitative estimate of drug-likeness (QED) is 0.314. The Hall–Kier alpha value is -2.92. The van der Waals surface area contributed by atoms with Gasteiger partial charge in [-0.05, 0) is 49.2 Å². The van der Waals surface area contributed by atoms with Gasteiger partial charge in [-0.2, -0.15) is 0 Å². The van der Waals surface area contributed by atoms with Gasteiger partial charge >= 0.3 is 0 Å². The van der Waals surface area contributed by atoms with Crippen LogP contribution in [0.3, 0.4) is 0 Å². The third-order valence-corrected chi connectivity index (χ3v) is 6.06. The molecule has 1 heterocycles. The molecular weight excluding hydrogens is 383 g/mol. The summed E-state index contributed by atoms with van der Waals surface area (Å²) in [4.78, 5) is 18.0. The van der Waals surface area contributed by atoms with E-state index in [1.54, 1.807) is 16.7 Å². The third-order valence-electron chi connectivity index (χ3n) is 4.91. The van der Waals surface area contributed by atoms with Crippen LogP contribution in [0.1, 0.15) is 28.9 Å². The second-order valence-electron chi connectivity index (χ2n) is 7.10.